The number of hydrogen-bond acceptors (Lipinski definition) is 2. The van der Waals surface area contributed by atoms with Crippen molar-refractivity contribution in [1.82, 2.24) is 10.2 Å². The van der Waals surface area contributed by atoms with Crippen LogP contribution in [0.1, 0.15) is 51.4 Å². The second-order valence-corrected chi connectivity index (χ2v) is 6.00. The highest BCUT2D eigenvalue weighted by Gasteiger charge is 2.18. The molecule has 102 valence electrons. The lowest BCUT2D eigenvalue weighted by atomic mass is 10.0. The van der Waals surface area contributed by atoms with Gasteiger partial charge in [0.2, 0.25) is 0 Å². The van der Waals surface area contributed by atoms with E-state index < -0.39 is 0 Å². The highest BCUT2D eigenvalue weighted by molar-refractivity contribution is 4.90. The second-order valence-electron chi connectivity index (χ2n) is 6.00. The summed E-state index contributed by atoms with van der Waals surface area (Å²) >= 11 is 0. The highest BCUT2D eigenvalue weighted by atomic mass is 15.1. The molecule has 18 heavy (non-hydrogen) atoms. The molecular formula is C16H28N2. The lowest BCUT2D eigenvalue weighted by molar-refractivity contribution is 0.217. The van der Waals surface area contributed by atoms with Gasteiger partial charge in [0.15, 0.2) is 0 Å². The van der Waals surface area contributed by atoms with Crippen LogP contribution in [-0.2, 0) is 0 Å². The number of likely N-dealkylation sites (tertiary alicyclic amines) is 1. The van der Waals surface area contributed by atoms with Crippen molar-refractivity contribution < 1.29 is 0 Å². The van der Waals surface area contributed by atoms with Gasteiger partial charge in [0, 0.05) is 19.1 Å². The average Bonchev–Trinajstić information content (AvgIpc) is 2.90. The molecule has 1 aliphatic heterocycles. The Morgan fingerprint density at radius 2 is 1.83 bits per heavy atom. The normalized spacial score (nSPS) is 23.3. The van der Waals surface area contributed by atoms with E-state index in [0.717, 1.165) is 18.5 Å². The molecule has 2 nitrogen and oxygen atoms in total. The van der Waals surface area contributed by atoms with Crippen LogP contribution < -0.4 is 5.32 Å². The van der Waals surface area contributed by atoms with Crippen LogP contribution in [-0.4, -0.2) is 37.1 Å². The van der Waals surface area contributed by atoms with Crippen molar-refractivity contribution in [3.8, 4) is 12.3 Å². The van der Waals surface area contributed by atoms with Crippen LogP contribution in [0.4, 0.5) is 0 Å². The summed E-state index contributed by atoms with van der Waals surface area (Å²) in [5, 5.41) is 3.73. The molecule has 0 aromatic rings. The molecule has 0 aromatic carbocycles. The van der Waals surface area contributed by atoms with Gasteiger partial charge < -0.3 is 5.32 Å². The van der Waals surface area contributed by atoms with E-state index in [9.17, 15) is 0 Å². The summed E-state index contributed by atoms with van der Waals surface area (Å²) in [6, 6.07) is 0.739. The molecule has 1 aliphatic carbocycles. The minimum Gasteiger partial charge on any atom is -0.314 e. The summed E-state index contributed by atoms with van der Waals surface area (Å²) in [4.78, 5) is 2.39. The van der Waals surface area contributed by atoms with Gasteiger partial charge in [-0.1, -0.05) is 31.6 Å². The van der Waals surface area contributed by atoms with Crippen molar-refractivity contribution >= 4 is 0 Å². The smallest absolute Gasteiger partial charge is 0.0598 e. The van der Waals surface area contributed by atoms with Crippen molar-refractivity contribution in [3.05, 3.63) is 0 Å². The lowest BCUT2D eigenvalue weighted by Gasteiger charge is -2.31. The Hall–Kier alpha value is -0.520. The third-order valence-electron chi connectivity index (χ3n) is 4.60. The molecule has 2 rings (SSSR count). The van der Waals surface area contributed by atoms with Crippen LogP contribution in [0, 0.1) is 18.3 Å². The fourth-order valence-electron chi connectivity index (χ4n) is 3.42. The topological polar surface area (TPSA) is 15.3 Å². The van der Waals surface area contributed by atoms with E-state index in [0.29, 0.717) is 0 Å². The summed E-state index contributed by atoms with van der Waals surface area (Å²) in [6.07, 6.45) is 16.6. The summed E-state index contributed by atoms with van der Waals surface area (Å²) in [6.45, 7) is 4.39. The van der Waals surface area contributed by atoms with Gasteiger partial charge in [-0.2, -0.15) is 0 Å². The fourth-order valence-corrected chi connectivity index (χ4v) is 3.42. The van der Waals surface area contributed by atoms with E-state index in [1.807, 2.05) is 0 Å². The van der Waals surface area contributed by atoms with Crippen LogP contribution in [0.15, 0.2) is 0 Å². The average molecular weight is 248 g/mol. The molecule has 0 unspecified atom stereocenters. The van der Waals surface area contributed by atoms with Gasteiger partial charge in [-0.3, -0.25) is 4.90 Å². The third kappa shape index (κ3) is 4.63. The molecule has 0 aromatic heterocycles. The van der Waals surface area contributed by atoms with Crippen molar-refractivity contribution in [3.63, 3.8) is 0 Å². The Kier molecular flexibility index (Phi) is 6.04. The maximum atomic E-state index is 5.34. The van der Waals surface area contributed by atoms with Crippen LogP contribution in [0.25, 0.3) is 0 Å². The van der Waals surface area contributed by atoms with Gasteiger partial charge in [0.05, 0.1) is 6.54 Å². The minimum absolute atomic E-state index is 0.739. The lowest BCUT2D eigenvalue weighted by Crippen LogP contribution is -2.42. The van der Waals surface area contributed by atoms with Gasteiger partial charge in [-0.05, 0) is 38.1 Å². The summed E-state index contributed by atoms with van der Waals surface area (Å²) in [7, 11) is 0. The monoisotopic (exact) mass is 248 g/mol. The SMILES string of the molecule is C#CCN1CCC(NCCCC2CCCC2)CC1. The molecular weight excluding hydrogens is 220 g/mol. The van der Waals surface area contributed by atoms with E-state index in [2.05, 4.69) is 16.1 Å². The molecule has 2 heteroatoms. The van der Waals surface area contributed by atoms with Crippen molar-refractivity contribution in [2.24, 2.45) is 5.92 Å². The summed E-state index contributed by atoms with van der Waals surface area (Å²) in [5.41, 5.74) is 0. The molecule has 1 heterocycles. The molecule has 0 atom stereocenters. The second kappa shape index (κ2) is 7.81. The zero-order valence-electron chi connectivity index (χ0n) is 11.7. The number of nitrogens with one attached hydrogen (secondary N) is 1. The van der Waals surface area contributed by atoms with Gasteiger partial charge in [0.25, 0.3) is 0 Å². The first kappa shape index (κ1) is 13.9. The highest BCUT2D eigenvalue weighted by Crippen LogP contribution is 2.28. The molecule has 1 saturated carbocycles. The molecule has 0 radical (unpaired) electrons. The Bertz CT molecular complexity index is 255. The van der Waals surface area contributed by atoms with Crippen LogP contribution in [0.3, 0.4) is 0 Å². The Morgan fingerprint density at radius 3 is 2.50 bits per heavy atom. The van der Waals surface area contributed by atoms with Crippen molar-refractivity contribution in [1.29, 1.82) is 0 Å². The molecule has 1 N–H and O–H groups in total. The van der Waals surface area contributed by atoms with E-state index in [4.69, 9.17) is 6.42 Å². The summed E-state index contributed by atoms with van der Waals surface area (Å²) in [5.74, 6) is 3.79. The van der Waals surface area contributed by atoms with Crippen molar-refractivity contribution in [2.45, 2.75) is 57.4 Å². The van der Waals surface area contributed by atoms with Crippen LogP contribution >= 0.6 is 0 Å². The van der Waals surface area contributed by atoms with E-state index in [-0.39, 0.29) is 0 Å². The number of rotatable bonds is 6. The zero-order valence-corrected chi connectivity index (χ0v) is 11.7. The van der Waals surface area contributed by atoms with Crippen LogP contribution in [0.2, 0.25) is 0 Å². The molecule has 2 fully saturated rings. The standard InChI is InChI=1S/C16H28N2/c1-2-12-18-13-9-16(10-14-18)17-11-5-8-15-6-3-4-7-15/h1,15-17H,3-14H2. The van der Waals surface area contributed by atoms with Gasteiger partial charge in [0.1, 0.15) is 0 Å². The van der Waals surface area contributed by atoms with E-state index in [1.54, 1.807) is 0 Å². The number of piperidine rings is 1. The number of nitrogens with zero attached hydrogens (tertiary/aromatic N) is 1. The molecule has 2 aliphatic rings. The predicted octanol–water partition coefficient (Wildman–Crippen LogP) is 2.64. The molecule has 0 spiro atoms. The molecule has 0 amide bonds. The predicted molar refractivity (Wildman–Crippen MR) is 77.5 cm³/mol. The number of terminal acetylenes is 1. The van der Waals surface area contributed by atoms with Gasteiger partial charge in [-0.15, -0.1) is 6.42 Å². The first-order valence-electron chi connectivity index (χ1n) is 7.77. The first-order chi connectivity index (χ1) is 8.88. The molecule has 1 saturated heterocycles. The Balaban J connectivity index is 1.49. The first-order valence-corrected chi connectivity index (χ1v) is 7.77. The fraction of sp³-hybridized carbons (Fsp3) is 0.875. The van der Waals surface area contributed by atoms with Gasteiger partial charge in [-0.25, -0.2) is 0 Å². The largest absolute Gasteiger partial charge is 0.314 e. The third-order valence-corrected chi connectivity index (χ3v) is 4.60. The Labute approximate surface area is 113 Å². The maximum absolute atomic E-state index is 5.34. The summed E-state index contributed by atoms with van der Waals surface area (Å²) < 4.78 is 0. The Morgan fingerprint density at radius 1 is 1.11 bits per heavy atom. The van der Waals surface area contributed by atoms with E-state index >= 15 is 0 Å². The van der Waals surface area contributed by atoms with Crippen molar-refractivity contribution in [2.75, 3.05) is 26.2 Å². The zero-order chi connectivity index (χ0) is 12.6. The van der Waals surface area contributed by atoms with E-state index in [1.165, 1.54) is 71.0 Å². The van der Waals surface area contributed by atoms with Crippen LogP contribution in [0.5, 0.6) is 0 Å². The number of hydrogen-bond donors (Lipinski definition) is 1. The molecule has 0 bridgehead atoms. The minimum atomic E-state index is 0.739. The van der Waals surface area contributed by atoms with Gasteiger partial charge >= 0.3 is 0 Å². The quantitative estimate of drug-likeness (QED) is 0.574. The maximum Gasteiger partial charge on any atom is 0.0598 e.